The molecule has 0 saturated carbocycles. The van der Waals surface area contributed by atoms with Gasteiger partial charge in [-0.1, -0.05) is 30.7 Å². The number of halogens is 1. The van der Waals surface area contributed by atoms with Crippen molar-refractivity contribution in [2.24, 2.45) is 0 Å². The van der Waals surface area contributed by atoms with Crippen LogP contribution in [-0.4, -0.2) is 13.1 Å². The van der Waals surface area contributed by atoms with E-state index in [1.807, 2.05) is 25.1 Å². The first-order valence-corrected chi connectivity index (χ1v) is 4.90. The smallest absolute Gasteiger partial charge is 0.309 e. The first kappa shape index (κ1) is 11.1. The largest absolute Gasteiger partial charge is 0.469 e. The van der Waals surface area contributed by atoms with E-state index >= 15 is 0 Å². The minimum atomic E-state index is -0.234. The fourth-order valence-electron chi connectivity index (χ4n) is 1.39. The number of hydrogen-bond acceptors (Lipinski definition) is 2. The number of carbonyl (C=O) groups excluding carboxylic acids is 1. The monoisotopic (exact) mass is 212 g/mol. The van der Waals surface area contributed by atoms with Gasteiger partial charge < -0.3 is 4.74 Å². The summed E-state index contributed by atoms with van der Waals surface area (Å²) in [6.07, 6.45) is 1.12. The molecular weight excluding hydrogens is 200 g/mol. The summed E-state index contributed by atoms with van der Waals surface area (Å²) in [6, 6.07) is 5.59. The van der Waals surface area contributed by atoms with E-state index in [2.05, 4.69) is 4.74 Å². The van der Waals surface area contributed by atoms with Gasteiger partial charge in [-0.2, -0.15) is 0 Å². The molecule has 0 atom stereocenters. The van der Waals surface area contributed by atoms with Crippen molar-refractivity contribution in [2.45, 2.75) is 19.8 Å². The summed E-state index contributed by atoms with van der Waals surface area (Å²) in [5.74, 6) is -0.234. The van der Waals surface area contributed by atoms with E-state index in [1.54, 1.807) is 0 Å². The molecule has 0 amide bonds. The van der Waals surface area contributed by atoms with Gasteiger partial charge in [0.2, 0.25) is 0 Å². The normalized spacial score (nSPS) is 9.93. The van der Waals surface area contributed by atoms with Gasteiger partial charge in [-0.3, -0.25) is 4.79 Å². The number of hydrogen-bond donors (Lipinski definition) is 0. The highest BCUT2D eigenvalue weighted by molar-refractivity contribution is 6.31. The molecule has 1 aromatic rings. The van der Waals surface area contributed by atoms with Crippen molar-refractivity contribution in [1.29, 1.82) is 0 Å². The SMILES string of the molecule is CCc1c(Cl)cccc1CC(=O)OC. The molecule has 0 N–H and O–H groups in total. The van der Waals surface area contributed by atoms with Crippen LogP contribution >= 0.6 is 11.6 Å². The Morgan fingerprint density at radius 1 is 1.50 bits per heavy atom. The third-order valence-corrected chi connectivity index (χ3v) is 2.49. The lowest BCUT2D eigenvalue weighted by Gasteiger charge is -2.08. The van der Waals surface area contributed by atoms with E-state index in [0.29, 0.717) is 11.4 Å². The average Bonchev–Trinajstić information content (AvgIpc) is 2.18. The highest BCUT2D eigenvalue weighted by atomic mass is 35.5. The van der Waals surface area contributed by atoms with Crippen LogP contribution in [0.4, 0.5) is 0 Å². The van der Waals surface area contributed by atoms with Crippen molar-refractivity contribution in [2.75, 3.05) is 7.11 Å². The maximum atomic E-state index is 11.1. The van der Waals surface area contributed by atoms with Crippen LogP contribution in [0.2, 0.25) is 5.02 Å². The zero-order chi connectivity index (χ0) is 10.6. The molecule has 0 heterocycles. The molecule has 2 nitrogen and oxygen atoms in total. The fraction of sp³-hybridized carbons (Fsp3) is 0.364. The molecular formula is C11H13ClO2. The molecule has 0 aromatic heterocycles. The zero-order valence-corrected chi connectivity index (χ0v) is 9.10. The standard InChI is InChI=1S/C11H13ClO2/c1-3-9-8(7-11(13)14-2)5-4-6-10(9)12/h4-6H,3,7H2,1-2H3. The molecule has 0 saturated heterocycles. The Morgan fingerprint density at radius 2 is 2.21 bits per heavy atom. The molecule has 0 fully saturated rings. The molecule has 1 aromatic carbocycles. The summed E-state index contributed by atoms with van der Waals surface area (Å²) < 4.78 is 4.61. The maximum absolute atomic E-state index is 11.1. The number of methoxy groups -OCH3 is 1. The number of ether oxygens (including phenoxy) is 1. The van der Waals surface area contributed by atoms with E-state index in [4.69, 9.17) is 11.6 Å². The lowest BCUT2D eigenvalue weighted by Crippen LogP contribution is -2.06. The molecule has 0 aliphatic rings. The Bertz CT molecular complexity index is 334. The quantitative estimate of drug-likeness (QED) is 0.720. The number of benzene rings is 1. The second-order valence-electron chi connectivity index (χ2n) is 2.98. The van der Waals surface area contributed by atoms with E-state index < -0.39 is 0 Å². The highest BCUT2D eigenvalue weighted by Gasteiger charge is 2.09. The van der Waals surface area contributed by atoms with Crippen LogP contribution < -0.4 is 0 Å². The molecule has 76 valence electrons. The Hall–Kier alpha value is -1.02. The van der Waals surface area contributed by atoms with E-state index in [1.165, 1.54) is 7.11 Å². The summed E-state index contributed by atoms with van der Waals surface area (Å²) in [4.78, 5) is 11.1. The van der Waals surface area contributed by atoms with Crippen LogP contribution in [0.15, 0.2) is 18.2 Å². The van der Waals surface area contributed by atoms with Crippen LogP contribution in [0.25, 0.3) is 0 Å². The topological polar surface area (TPSA) is 26.3 Å². The van der Waals surface area contributed by atoms with Crippen LogP contribution in [0, 0.1) is 0 Å². The van der Waals surface area contributed by atoms with Gasteiger partial charge in [0.1, 0.15) is 0 Å². The fourth-order valence-corrected chi connectivity index (χ4v) is 1.72. The van der Waals surface area contributed by atoms with Crippen molar-refractivity contribution < 1.29 is 9.53 Å². The summed E-state index contributed by atoms with van der Waals surface area (Å²) in [7, 11) is 1.39. The Balaban J connectivity index is 2.96. The summed E-state index contributed by atoms with van der Waals surface area (Å²) in [5.41, 5.74) is 1.98. The molecule has 0 bridgehead atoms. The highest BCUT2D eigenvalue weighted by Crippen LogP contribution is 2.21. The predicted octanol–water partition coefficient (Wildman–Crippen LogP) is 2.62. The Morgan fingerprint density at radius 3 is 2.79 bits per heavy atom. The van der Waals surface area contributed by atoms with Gasteiger partial charge in [0.25, 0.3) is 0 Å². The van der Waals surface area contributed by atoms with Gasteiger partial charge in [0.05, 0.1) is 13.5 Å². The molecule has 0 unspecified atom stereocenters. The third kappa shape index (κ3) is 2.48. The Labute approximate surface area is 88.8 Å². The molecule has 1 rings (SSSR count). The van der Waals surface area contributed by atoms with Crippen molar-refractivity contribution in [1.82, 2.24) is 0 Å². The maximum Gasteiger partial charge on any atom is 0.309 e. The molecule has 0 spiro atoms. The van der Waals surface area contributed by atoms with Gasteiger partial charge >= 0.3 is 5.97 Å². The molecule has 0 aliphatic heterocycles. The van der Waals surface area contributed by atoms with Gasteiger partial charge in [-0.05, 0) is 23.6 Å². The van der Waals surface area contributed by atoms with Gasteiger partial charge in [-0.25, -0.2) is 0 Å². The minimum Gasteiger partial charge on any atom is -0.469 e. The van der Waals surface area contributed by atoms with Crippen LogP contribution in [-0.2, 0) is 22.4 Å². The lowest BCUT2D eigenvalue weighted by molar-refractivity contribution is -0.139. The second-order valence-corrected chi connectivity index (χ2v) is 3.39. The number of carbonyl (C=O) groups is 1. The lowest BCUT2D eigenvalue weighted by atomic mass is 10.0. The predicted molar refractivity (Wildman–Crippen MR) is 56.6 cm³/mol. The van der Waals surface area contributed by atoms with Crippen LogP contribution in [0.5, 0.6) is 0 Å². The van der Waals surface area contributed by atoms with Gasteiger partial charge in [0.15, 0.2) is 0 Å². The van der Waals surface area contributed by atoms with E-state index in [9.17, 15) is 4.79 Å². The van der Waals surface area contributed by atoms with Crippen LogP contribution in [0.3, 0.4) is 0 Å². The zero-order valence-electron chi connectivity index (χ0n) is 8.34. The average molecular weight is 213 g/mol. The van der Waals surface area contributed by atoms with Crippen LogP contribution in [0.1, 0.15) is 18.1 Å². The summed E-state index contributed by atoms with van der Waals surface area (Å²) >= 11 is 6.00. The van der Waals surface area contributed by atoms with Crippen molar-refractivity contribution in [3.63, 3.8) is 0 Å². The minimum absolute atomic E-state index is 0.234. The van der Waals surface area contributed by atoms with Crippen molar-refractivity contribution in [3.05, 3.63) is 34.3 Å². The van der Waals surface area contributed by atoms with Gasteiger partial charge in [0, 0.05) is 5.02 Å². The van der Waals surface area contributed by atoms with Crippen molar-refractivity contribution in [3.8, 4) is 0 Å². The first-order chi connectivity index (χ1) is 6.69. The van der Waals surface area contributed by atoms with Crippen molar-refractivity contribution >= 4 is 17.6 Å². The number of esters is 1. The summed E-state index contributed by atoms with van der Waals surface area (Å²) in [5, 5.41) is 0.717. The molecule has 0 aliphatic carbocycles. The first-order valence-electron chi connectivity index (χ1n) is 4.52. The van der Waals surface area contributed by atoms with Gasteiger partial charge in [-0.15, -0.1) is 0 Å². The third-order valence-electron chi connectivity index (χ3n) is 2.13. The number of rotatable bonds is 3. The second kappa shape index (κ2) is 5.01. The van der Waals surface area contributed by atoms with E-state index in [0.717, 1.165) is 17.5 Å². The molecule has 3 heteroatoms. The molecule has 0 radical (unpaired) electrons. The molecule has 14 heavy (non-hydrogen) atoms. The Kier molecular flexibility index (Phi) is 3.96. The van der Waals surface area contributed by atoms with E-state index in [-0.39, 0.29) is 5.97 Å². The summed E-state index contributed by atoms with van der Waals surface area (Å²) in [6.45, 7) is 2.02.